The molecular formula is C18H36N6. The predicted molar refractivity (Wildman–Crippen MR) is 103 cm³/mol. The molecule has 0 fully saturated rings. The molecule has 1 aromatic heterocycles. The fourth-order valence-corrected chi connectivity index (χ4v) is 2.85. The van der Waals surface area contributed by atoms with Crippen LogP contribution in [0.1, 0.15) is 52.3 Å². The summed E-state index contributed by atoms with van der Waals surface area (Å²) in [5, 5.41) is 13.8. The average Bonchev–Trinajstić information content (AvgIpc) is 2.92. The van der Waals surface area contributed by atoms with Gasteiger partial charge < -0.3 is 10.6 Å². The highest BCUT2D eigenvalue weighted by Gasteiger charge is 2.12. The van der Waals surface area contributed by atoms with Crippen LogP contribution in [0.2, 0.25) is 0 Å². The Bertz CT molecular complexity index is 470. The molecular weight excluding hydrogens is 300 g/mol. The number of aliphatic imine (C=N–C) groups is 1. The van der Waals surface area contributed by atoms with Gasteiger partial charge in [0.05, 0.1) is 6.20 Å². The summed E-state index contributed by atoms with van der Waals surface area (Å²) < 4.78 is 0. The maximum absolute atomic E-state index is 4.67. The normalized spacial score (nSPS) is 12.5. The number of guanidine groups is 1. The molecule has 0 aromatic carbocycles. The third-order valence-electron chi connectivity index (χ3n) is 4.14. The summed E-state index contributed by atoms with van der Waals surface area (Å²) in [6, 6.07) is 1.12. The molecule has 6 nitrogen and oxygen atoms in total. The second-order valence-electron chi connectivity index (χ2n) is 6.74. The number of hydrogen-bond donors (Lipinski definition) is 3. The summed E-state index contributed by atoms with van der Waals surface area (Å²) in [6.07, 6.45) is 3.95. The zero-order valence-corrected chi connectivity index (χ0v) is 16.3. The summed E-state index contributed by atoms with van der Waals surface area (Å²) in [5.74, 6) is 0.911. The Morgan fingerprint density at radius 2 is 1.96 bits per heavy atom. The molecule has 0 unspecified atom stereocenters. The molecule has 0 aliphatic rings. The lowest BCUT2D eigenvalue weighted by Gasteiger charge is -2.30. The Labute approximate surface area is 147 Å². The van der Waals surface area contributed by atoms with E-state index < -0.39 is 0 Å². The third-order valence-corrected chi connectivity index (χ3v) is 4.14. The van der Waals surface area contributed by atoms with E-state index in [4.69, 9.17) is 0 Å². The molecule has 0 radical (unpaired) electrons. The zero-order valence-electron chi connectivity index (χ0n) is 16.3. The van der Waals surface area contributed by atoms with Gasteiger partial charge in [-0.2, -0.15) is 5.10 Å². The van der Waals surface area contributed by atoms with Gasteiger partial charge in [-0.1, -0.05) is 0 Å². The molecule has 0 aliphatic heterocycles. The predicted octanol–water partition coefficient (Wildman–Crippen LogP) is 2.32. The van der Waals surface area contributed by atoms with Crippen molar-refractivity contribution in [2.45, 2.75) is 66.5 Å². The van der Waals surface area contributed by atoms with Crippen LogP contribution in [-0.4, -0.2) is 59.3 Å². The van der Waals surface area contributed by atoms with E-state index in [1.54, 1.807) is 0 Å². The van der Waals surface area contributed by atoms with Crippen molar-refractivity contribution in [2.24, 2.45) is 4.99 Å². The summed E-state index contributed by atoms with van der Waals surface area (Å²) in [4.78, 5) is 7.16. The van der Waals surface area contributed by atoms with Crippen molar-refractivity contribution in [1.82, 2.24) is 25.7 Å². The Morgan fingerprint density at radius 1 is 1.25 bits per heavy atom. The number of H-pyrrole nitrogens is 1. The van der Waals surface area contributed by atoms with Crippen LogP contribution >= 0.6 is 0 Å². The van der Waals surface area contributed by atoms with E-state index in [-0.39, 0.29) is 0 Å². The largest absolute Gasteiger partial charge is 0.357 e. The van der Waals surface area contributed by atoms with E-state index in [1.807, 2.05) is 6.20 Å². The average molecular weight is 337 g/mol. The SMILES string of the molecule is CCNC(=NCCCc1cn[nH]c1C)NCCN(C(C)C)C(C)C. The quantitative estimate of drug-likeness (QED) is 0.348. The van der Waals surface area contributed by atoms with Crippen LogP contribution in [0.4, 0.5) is 0 Å². The highest BCUT2D eigenvalue weighted by atomic mass is 15.2. The summed E-state index contributed by atoms with van der Waals surface area (Å²) in [7, 11) is 0. The number of hydrogen-bond acceptors (Lipinski definition) is 3. The molecule has 24 heavy (non-hydrogen) atoms. The lowest BCUT2D eigenvalue weighted by molar-refractivity contribution is 0.178. The molecule has 0 atom stereocenters. The van der Waals surface area contributed by atoms with E-state index >= 15 is 0 Å². The molecule has 0 bridgehead atoms. The van der Waals surface area contributed by atoms with Crippen LogP contribution in [0, 0.1) is 6.92 Å². The highest BCUT2D eigenvalue weighted by Crippen LogP contribution is 2.06. The second kappa shape index (κ2) is 11.1. The van der Waals surface area contributed by atoms with Crippen molar-refractivity contribution < 1.29 is 0 Å². The lowest BCUT2D eigenvalue weighted by atomic mass is 10.1. The van der Waals surface area contributed by atoms with Crippen LogP contribution in [-0.2, 0) is 6.42 Å². The molecule has 3 N–H and O–H groups in total. The van der Waals surface area contributed by atoms with Gasteiger partial charge in [0.15, 0.2) is 5.96 Å². The van der Waals surface area contributed by atoms with Crippen LogP contribution in [0.25, 0.3) is 0 Å². The summed E-state index contributed by atoms with van der Waals surface area (Å²) in [6.45, 7) is 16.8. The first-order chi connectivity index (χ1) is 11.5. The number of aromatic nitrogens is 2. The maximum atomic E-state index is 4.67. The molecule has 138 valence electrons. The summed E-state index contributed by atoms with van der Waals surface area (Å²) in [5.41, 5.74) is 2.44. The molecule has 0 aliphatic carbocycles. The molecule has 0 amide bonds. The minimum Gasteiger partial charge on any atom is -0.357 e. The minimum atomic E-state index is 0.560. The first kappa shape index (κ1) is 20.5. The molecule has 1 heterocycles. The van der Waals surface area contributed by atoms with Crippen molar-refractivity contribution in [3.8, 4) is 0 Å². The van der Waals surface area contributed by atoms with Crippen molar-refractivity contribution in [3.63, 3.8) is 0 Å². The van der Waals surface area contributed by atoms with E-state index in [0.29, 0.717) is 12.1 Å². The van der Waals surface area contributed by atoms with Gasteiger partial charge in [0, 0.05) is 44.0 Å². The van der Waals surface area contributed by atoms with Crippen LogP contribution in [0.15, 0.2) is 11.2 Å². The fraction of sp³-hybridized carbons (Fsp3) is 0.778. The number of nitrogens with zero attached hydrogens (tertiary/aromatic N) is 3. The first-order valence-corrected chi connectivity index (χ1v) is 9.22. The molecule has 6 heteroatoms. The Morgan fingerprint density at radius 3 is 2.50 bits per heavy atom. The number of aromatic amines is 1. The van der Waals surface area contributed by atoms with Gasteiger partial charge in [-0.05, 0) is 59.9 Å². The van der Waals surface area contributed by atoms with E-state index in [0.717, 1.165) is 50.7 Å². The molecule has 0 saturated carbocycles. The molecule has 1 aromatic rings. The van der Waals surface area contributed by atoms with Gasteiger partial charge in [0.25, 0.3) is 0 Å². The van der Waals surface area contributed by atoms with Crippen molar-refractivity contribution >= 4 is 5.96 Å². The lowest BCUT2D eigenvalue weighted by Crippen LogP contribution is -2.45. The van der Waals surface area contributed by atoms with Gasteiger partial charge in [0.2, 0.25) is 0 Å². The Kier molecular flexibility index (Phi) is 9.45. The van der Waals surface area contributed by atoms with Crippen LogP contribution in [0.3, 0.4) is 0 Å². The van der Waals surface area contributed by atoms with Gasteiger partial charge in [-0.3, -0.25) is 15.0 Å². The molecule has 1 rings (SSSR count). The van der Waals surface area contributed by atoms with E-state index in [1.165, 1.54) is 5.56 Å². The van der Waals surface area contributed by atoms with E-state index in [9.17, 15) is 0 Å². The van der Waals surface area contributed by atoms with Crippen molar-refractivity contribution in [2.75, 3.05) is 26.2 Å². The fourth-order valence-electron chi connectivity index (χ4n) is 2.85. The zero-order chi connectivity index (χ0) is 17.9. The first-order valence-electron chi connectivity index (χ1n) is 9.22. The molecule has 0 spiro atoms. The smallest absolute Gasteiger partial charge is 0.191 e. The van der Waals surface area contributed by atoms with Gasteiger partial charge in [-0.25, -0.2) is 0 Å². The highest BCUT2D eigenvalue weighted by molar-refractivity contribution is 5.79. The van der Waals surface area contributed by atoms with Crippen LogP contribution < -0.4 is 10.6 Å². The minimum absolute atomic E-state index is 0.560. The number of nitrogens with one attached hydrogen (secondary N) is 3. The van der Waals surface area contributed by atoms with Crippen molar-refractivity contribution in [3.05, 3.63) is 17.5 Å². The summed E-state index contributed by atoms with van der Waals surface area (Å²) >= 11 is 0. The van der Waals surface area contributed by atoms with Gasteiger partial charge >= 0.3 is 0 Å². The topological polar surface area (TPSA) is 68.3 Å². The second-order valence-corrected chi connectivity index (χ2v) is 6.74. The third kappa shape index (κ3) is 7.34. The number of rotatable bonds is 10. The van der Waals surface area contributed by atoms with Crippen molar-refractivity contribution in [1.29, 1.82) is 0 Å². The van der Waals surface area contributed by atoms with Gasteiger partial charge in [-0.15, -0.1) is 0 Å². The number of aryl methyl sites for hydroxylation is 2. The standard InChI is InChI=1S/C18H36N6/c1-7-19-18(21-11-12-24(14(2)3)15(4)5)20-10-8-9-17-13-22-23-16(17)6/h13-15H,7-12H2,1-6H3,(H,22,23)(H2,19,20,21). The van der Waals surface area contributed by atoms with E-state index in [2.05, 4.69) is 72.3 Å². The maximum Gasteiger partial charge on any atom is 0.191 e. The monoisotopic (exact) mass is 336 g/mol. The Balaban J connectivity index is 2.37. The molecule has 0 saturated heterocycles. The van der Waals surface area contributed by atoms with Crippen LogP contribution in [0.5, 0.6) is 0 Å². The Hall–Kier alpha value is -1.56. The van der Waals surface area contributed by atoms with Gasteiger partial charge in [0.1, 0.15) is 0 Å².